The number of nitrogens with two attached hydrogens (primary N) is 1. The molecule has 2 aromatic rings. The SMILES string of the molecule is Cc1cc(C(N)c2ccc(CC(C)C)cc2)c(C)o1. The molecule has 0 fully saturated rings. The van der Waals surface area contributed by atoms with E-state index in [1.54, 1.807) is 0 Å². The molecule has 0 aliphatic rings. The molecule has 0 aliphatic heterocycles. The predicted molar refractivity (Wildman–Crippen MR) is 79.2 cm³/mol. The van der Waals surface area contributed by atoms with Gasteiger partial charge in [0.2, 0.25) is 0 Å². The summed E-state index contributed by atoms with van der Waals surface area (Å²) in [6, 6.07) is 10.5. The summed E-state index contributed by atoms with van der Waals surface area (Å²) >= 11 is 0. The lowest BCUT2D eigenvalue weighted by Crippen LogP contribution is -2.12. The highest BCUT2D eigenvalue weighted by Crippen LogP contribution is 2.25. The van der Waals surface area contributed by atoms with Crippen LogP contribution in [-0.2, 0) is 6.42 Å². The Labute approximate surface area is 115 Å². The van der Waals surface area contributed by atoms with E-state index in [9.17, 15) is 0 Å². The van der Waals surface area contributed by atoms with Gasteiger partial charge in [0, 0.05) is 5.56 Å². The van der Waals surface area contributed by atoms with Gasteiger partial charge in [-0.15, -0.1) is 0 Å². The molecule has 2 heteroatoms. The maximum absolute atomic E-state index is 6.32. The lowest BCUT2D eigenvalue weighted by atomic mass is 9.96. The molecule has 1 heterocycles. The van der Waals surface area contributed by atoms with Crippen molar-refractivity contribution in [1.82, 2.24) is 0 Å². The first kappa shape index (κ1) is 13.9. The van der Waals surface area contributed by atoms with E-state index in [1.807, 2.05) is 19.9 Å². The van der Waals surface area contributed by atoms with Crippen molar-refractivity contribution < 1.29 is 4.42 Å². The minimum absolute atomic E-state index is 0.106. The van der Waals surface area contributed by atoms with Crippen LogP contribution in [0.1, 0.15) is 48.1 Å². The maximum Gasteiger partial charge on any atom is 0.106 e. The number of rotatable bonds is 4. The highest BCUT2D eigenvalue weighted by Gasteiger charge is 2.15. The van der Waals surface area contributed by atoms with Crippen LogP contribution < -0.4 is 5.73 Å². The Kier molecular flexibility index (Phi) is 4.11. The number of benzene rings is 1. The van der Waals surface area contributed by atoms with Crippen molar-refractivity contribution in [1.29, 1.82) is 0 Å². The summed E-state index contributed by atoms with van der Waals surface area (Å²) in [4.78, 5) is 0. The van der Waals surface area contributed by atoms with Gasteiger partial charge in [0.1, 0.15) is 11.5 Å². The molecule has 1 aromatic heterocycles. The van der Waals surface area contributed by atoms with Crippen LogP contribution in [0.5, 0.6) is 0 Å². The molecule has 0 amide bonds. The molecule has 1 atom stereocenters. The van der Waals surface area contributed by atoms with Gasteiger partial charge < -0.3 is 10.2 Å². The second-order valence-corrected chi connectivity index (χ2v) is 5.69. The Morgan fingerprint density at radius 2 is 1.74 bits per heavy atom. The van der Waals surface area contributed by atoms with Gasteiger partial charge in [0.15, 0.2) is 0 Å². The molecule has 2 nitrogen and oxygen atoms in total. The topological polar surface area (TPSA) is 39.2 Å². The van der Waals surface area contributed by atoms with E-state index in [2.05, 4.69) is 38.1 Å². The van der Waals surface area contributed by atoms with Gasteiger partial charge in [-0.1, -0.05) is 38.1 Å². The third-order valence-electron chi connectivity index (χ3n) is 3.40. The molecular weight excluding hydrogens is 234 g/mol. The van der Waals surface area contributed by atoms with Crippen molar-refractivity contribution in [2.24, 2.45) is 11.7 Å². The number of aryl methyl sites for hydroxylation is 2. The first-order chi connectivity index (χ1) is 8.97. The molecule has 0 saturated carbocycles. The molecule has 19 heavy (non-hydrogen) atoms. The summed E-state index contributed by atoms with van der Waals surface area (Å²) in [6.07, 6.45) is 1.11. The summed E-state index contributed by atoms with van der Waals surface area (Å²) in [5.74, 6) is 2.51. The smallest absolute Gasteiger partial charge is 0.106 e. The molecule has 0 saturated heterocycles. The lowest BCUT2D eigenvalue weighted by Gasteiger charge is -2.12. The van der Waals surface area contributed by atoms with Crippen molar-refractivity contribution in [3.63, 3.8) is 0 Å². The van der Waals surface area contributed by atoms with Gasteiger partial charge in [-0.25, -0.2) is 0 Å². The Morgan fingerprint density at radius 1 is 1.11 bits per heavy atom. The zero-order chi connectivity index (χ0) is 14.0. The first-order valence-corrected chi connectivity index (χ1v) is 6.88. The van der Waals surface area contributed by atoms with Crippen LogP contribution in [-0.4, -0.2) is 0 Å². The van der Waals surface area contributed by atoms with E-state index in [4.69, 9.17) is 10.2 Å². The molecular formula is C17H23NO. The molecule has 0 bridgehead atoms. The van der Waals surface area contributed by atoms with Crippen molar-refractivity contribution in [2.75, 3.05) is 0 Å². The monoisotopic (exact) mass is 257 g/mol. The molecule has 2 N–H and O–H groups in total. The van der Waals surface area contributed by atoms with E-state index in [0.717, 1.165) is 29.1 Å². The van der Waals surface area contributed by atoms with Crippen LogP contribution >= 0.6 is 0 Å². The second kappa shape index (κ2) is 5.62. The fraction of sp³-hybridized carbons (Fsp3) is 0.412. The fourth-order valence-corrected chi connectivity index (χ4v) is 2.47. The van der Waals surface area contributed by atoms with Crippen LogP contribution in [0, 0.1) is 19.8 Å². The van der Waals surface area contributed by atoms with Crippen molar-refractivity contribution in [3.05, 3.63) is 58.5 Å². The third-order valence-corrected chi connectivity index (χ3v) is 3.40. The summed E-state index contributed by atoms with van der Waals surface area (Å²) < 4.78 is 5.55. The van der Waals surface area contributed by atoms with Gasteiger partial charge in [0.05, 0.1) is 6.04 Å². The lowest BCUT2D eigenvalue weighted by molar-refractivity contribution is 0.499. The van der Waals surface area contributed by atoms with E-state index in [-0.39, 0.29) is 6.04 Å². The average molecular weight is 257 g/mol. The molecule has 2 rings (SSSR count). The Balaban J connectivity index is 2.20. The van der Waals surface area contributed by atoms with Crippen LogP contribution in [0.4, 0.5) is 0 Å². The molecule has 1 aromatic carbocycles. The molecule has 0 spiro atoms. The summed E-state index contributed by atoms with van der Waals surface area (Å²) in [6.45, 7) is 8.39. The number of hydrogen-bond donors (Lipinski definition) is 1. The zero-order valence-corrected chi connectivity index (χ0v) is 12.2. The number of hydrogen-bond acceptors (Lipinski definition) is 2. The van der Waals surface area contributed by atoms with Crippen molar-refractivity contribution in [2.45, 2.75) is 40.2 Å². The van der Waals surface area contributed by atoms with Gasteiger partial charge in [-0.2, -0.15) is 0 Å². The quantitative estimate of drug-likeness (QED) is 0.894. The summed E-state index contributed by atoms with van der Waals surface area (Å²) in [7, 11) is 0. The van der Waals surface area contributed by atoms with Gasteiger partial charge >= 0.3 is 0 Å². The van der Waals surface area contributed by atoms with E-state index in [0.29, 0.717) is 5.92 Å². The largest absolute Gasteiger partial charge is 0.466 e. The normalized spacial score (nSPS) is 12.9. The van der Waals surface area contributed by atoms with E-state index >= 15 is 0 Å². The van der Waals surface area contributed by atoms with E-state index in [1.165, 1.54) is 5.56 Å². The summed E-state index contributed by atoms with van der Waals surface area (Å²) in [5.41, 5.74) is 9.90. The highest BCUT2D eigenvalue weighted by atomic mass is 16.3. The van der Waals surface area contributed by atoms with Crippen LogP contribution in [0.25, 0.3) is 0 Å². The standard InChI is InChI=1S/C17H23NO/c1-11(2)9-14-5-7-15(8-6-14)17(18)16-10-12(3)19-13(16)4/h5-8,10-11,17H,9,18H2,1-4H3. The van der Waals surface area contributed by atoms with Gasteiger partial charge in [0.25, 0.3) is 0 Å². The molecule has 0 radical (unpaired) electrons. The average Bonchev–Trinajstić information content (AvgIpc) is 2.68. The highest BCUT2D eigenvalue weighted by molar-refractivity contribution is 5.35. The maximum atomic E-state index is 6.32. The zero-order valence-electron chi connectivity index (χ0n) is 12.2. The Bertz CT molecular complexity index is 537. The van der Waals surface area contributed by atoms with E-state index < -0.39 is 0 Å². The summed E-state index contributed by atoms with van der Waals surface area (Å²) in [5, 5.41) is 0. The molecule has 1 unspecified atom stereocenters. The van der Waals surface area contributed by atoms with Crippen LogP contribution in [0.3, 0.4) is 0 Å². The minimum atomic E-state index is -0.106. The van der Waals surface area contributed by atoms with Crippen molar-refractivity contribution >= 4 is 0 Å². The third kappa shape index (κ3) is 3.27. The van der Waals surface area contributed by atoms with Crippen molar-refractivity contribution in [3.8, 4) is 0 Å². The Hall–Kier alpha value is -1.54. The molecule has 102 valence electrons. The van der Waals surface area contributed by atoms with Crippen LogP contribution in [0.2, 0.25) is 0 Å². The molecule has 0 aliphatic carbocycles. The minimum Gasteiger partial charge on any atom is -0.466 e. The predicted octanol–water partition coefficient (Wildman–Crippen LogP) is 4.14. The Morgan fingerprint density at radius 3 is 2.21 bits per heavy atom. The fourth-order valence-electron chi connectivity index (χ4n) is 2.47. The second-order valence-electron chi connectivity index (χ2n) is 5.69. The first-order valence-electron chi connectivity index (χ1n) is 6.88. The van der Waals surface area contributed by atoms with Gasteiger partial charge in [-0.05, 0) is 43.4 Å². The van der Waals surface area contributed by atoms with Gasteiger partial charge in [-0.3, -0.25) is 0 Å². The number of furan rings is 1. The van der Waals surface area contributed by atoms with Crippen LogP contribution in [0.15, 0.2) is 34.7 Å².